The van der Waals surface area contributed by atoms with Gasteiger partial charge in [0.05, 0.1) is 6.42 Å². The van der Waals surface area contributed by atoms with Crippen molar-refractivity contribution in [1.82, 2.24) is 15.1 Å². The molecule has 9 heteroatoms. The molecule has 0 radical (unpaired) electrons. The molecule has 3 amide bonds. The molecule has 0 spiro atoms. The Bertz CT molecular complexity index is 1160. The van der Waals surface area contributed by atoms with E-state index in [9.17, 15) is 28.7 Å². The van der Waals surface area contributed by atoms with Crippen molar-refractivity contribution >= 4 is 23.7 Å². The van der Waals surface area contributed by atoms with Gasteiger partial charge in [-0.2, -0.15) is 0 Å². The van der Waals surface area contributed by atoms with E-state index in [1.165, 1.54) is 28.0 Å². The van der Waals surface area contributed by atoms with Gasteiger partial charge in [0.1, 0.15) is 5.82 Å². The third-order valence-electron chi connectivity index (χ3n) is 7.24. The molecule has 2 unspecified atom stereocenters. The summed E-state index contributed by atoms with van der Waals surface area (Å²) in [6.45, 7) is 2.09. The number of carboxylic acid groups (broad SMARTS) is 1. The summed E-state index contributed by atoms with van der Waals surface area (Å²) < 4.78 is 13.9. The number of rotatable bonds is 7. The van der Waals surface area contributed by atoms with Crippen molar-refractivity contribution in [1.29, 1.82) is 0 Å². The summed E-state index contributed by atoms with van der Waals surface area (Å²) in [5.41, 5.74) is 1.41. The van der Waals surface area contributed by atoms with E-state index in [2.05, 4.69) is 5.32 Å². The molecule has 2 N–H and O–H groups in total. The first-order valence-electron chi connectivity index (χ1n) is 12.7. The summed E-state index contributed by atoms with van der Waals surface area (Å²) in [5.74, 6) is -3.21. The van der Waals surface area contributed by atoms with E-state index in [0.29, 0.717) is 5.56 Å². The van der Waals surface area contributed by atoms with Crippen LogP contribution in [0.4, 0.5) is 4.39 Å². The monoisotopic (exact) mass is 509 g/mol. The minimum atomic E-state index is -1.29. The number of aryl methyl sites for hydroxylation is 1. The number of hydrogen-bond donors (Lipinski definition) is 2. The van der Waals surface area contributed by atoms with Crippen LogP contribution < -0.4 is 5.32 Å². The normalized spacial score (nSPS) is 18.9. The van der Waals surface area contributed by atoms with Crippen LogP contribution in [0.5, 0.6) is 0 Å². The number of benzene rings is 2. The SMILES string of the molecule is Cc1ccc(C(=O)N2CCN(C(=O)c3cccc(F)c3)C2C(=O)NC(CC(=O)O)C2CCCCC2)cc1. The van der Waals surface area contributed by atoms with Gasteiger partial charge >= 0.3 is 5.97 Å². The summed E-state index contributed by atoms with van der Waals surface area (Å²) in [7, 11) is 0. The molecule has 1 saturated carbocycles. The molecule has 1 aliphatic heterocycles. The van der Waals surface area contributed by atoms with Crippen LogP contribution in [-0.2, 0) is 9.59 Å². The fourth-order valence-electron chi connectivity index (χ4n) is 5.30. The standard InChI is InChI=1S/C28H32FN3O5/c1-18-10-12-20(13-11-18)27(36)31-14-15-32(28(37)21-8-5-9-22(29)16-21)26(31)25(35)30-23(17-24(33)34)19-6-3-2-4-7-19/h5,8-13,16,19,23,26H,2-4,6-7,14-15,17H2,1H3,(H,30,35)(H,33,34). The molecule has 2 aliphatic rings. The zero-order valence-corrected chi connectivity index (χ0v) is 20.9. The average molecular weight is 510 g/mol. The minimum absolute atomic E-state index is 0.00354. The van der Waals surface area contributed by atoms with Gasteiger partial charge in [0, 0.05) is 30.3 Å². The third kappa shape index (κ3) is 6.15. The molecule has 1 heterocycles. The molecule has 2 atom stereocenters. The second-order valence-electron chi connectivity index (χ2n) is 9.86. The fraction of sp³-hybridized carbons (Fsp3) is 0.429. The Balaban J connectivity index is 1.64. The third-order valence-corrected chi connectivity index (χ3v) is 7.24. The van der Waals surface area contributed by atoms with Crippen molar-refractivity contribution in [3.8, 4) is 0 Å². The Labute approximate surface area is 215 Å². The van der Waals surface area contributed by atoms with E-state index in [-0.39, 0.29) is 31.0 Å². The van der Waals surface area contributed by atoms with E-state index in [1.54, 1.807) is 24.3 Å². The van der Waals surface area contributed by atoms with Crippen molar-refractivity contribution in [2.75, 3.05) is 13.1 Å². The number of carbonyl (C=O) groups is 4. The highest BCUT2D eigenvalue weighted by Gasteiger charge is 2.44. The molecule has 1 saturated heterocycles. The largest absolute Gasteiger partial charge is 0.481 e. The van der Waals surface area contributed by atoms with Gasteiger partial charge in [-0.1, -0.05) is 43.0 Å². The molecule has 0 aromatic heterocycles. The van der Waals surface area contributed by atoms with E-state index in [4.69, 9.17) is 0 Å². The summed E-state index contributed by atoms with van der Waals surface area (Å²) in [6, 6.07) is 11.5. The highest BCUT2D eigenvalue weighted by Crippen LogP contribution is 2.29. The molecule has 8 nitrogen and oxygen atoms in total. The zero-order chi connectivity index (χ0) is 26.5. The predicted molar refractivity (Wildman–Crippen MR) is 134 cm³/mol. The van der Waals surface area contributed by atoms with Crippen molar-refractivity contribution in [2.24, 2.45) is 5.92 Å². The molecule has 2 aromatic carbocycles. The first-order valence-corrected chi connectivity index (χ1v) is 12.7. The summed E-state index contributed by atoms with van der Waals surface area (Å²) in [5, 5.41) is 12.4. The van der Waals surface area contributed by atoms with Gasteiger partial charge in [0.25, 0.3) is 17.7 Å². The highest BCUT2D eigenvalue weighted by atomic mass is 19.1. The van der Waals surface area contributed by atoms with E-state index < -0.39 is 41.7 Å². The maximum Gasteiger partial charge on any atom is 0.305 e. The molecule has 0 bridgehead atoms. The zero-order valence-electron chi connectivity index (χ0n) is 20.9. The lowest BCUT2D eigenvalue weighted by atomic mass is 9.82. The number of halogens is 1. The van der Waals surface area contributed by atoms with Crippen LogP contribution in [0.2, 0.25) is 0 Å². The first-order chi connectivity index (χ1) is 17.7. The van der Waals surface area contributed by atoms with Crippen molar-refractivity contribution < 1.29 is 28.7 Å². The number of nitrogens with one attached hydrogen (secondary N) is 1. The Morgan fingerprint density at radius 1 is 0.946 bits per heavy atom. The van der Waals surface area contributed by atoms with Crippen molar-refractivity contribution in [3.63, 3.8) is 0 Å². The van der Waals surface area contributed by atoms with Crippen molar-refractivity contribution in [3.05, 3.63) is 71.0 Å². The number of amides is 3. The Kier molecular flexibility index (Phi) is 8.21. The van der Waals surface area contributed by atoms with Crippen LogP contribution in [0.15, 0.2) is 48.5 Å². The molecule has 2 aromatic rings. The Morgan fingerprint density at radius 2 is 1.57 bits per heavy atom. The molecular formula is C28H32FN3O5. The van der Waals surface area contributed by atoms with Crippen LogP contribution in [0.1, 0.15) is 64.8 Å². The summed E-state index contributed by atoms with van der Waals surface area (Å²) in [4.78, 5) is 54.8. The second-order valence-corrected chi connectivity index (χ2v) is 9.86. The summed E-state index contributed by atoms with van der Waals surface area (Å²) in [6.07, 6.45) is 3.07. The van der Waals surface area contributed by atoms with E-state index >= 15 is 0 Å². The smallest absolute Gasteiger partial charge is 0.305 e. The number of carboxylic acids is 1. The van der Waals surface area contributed by atoms with Gasteiger partial charge in [-0.25, -0.2) is 4.39 Å². The number of hydrogen-bond acceptors (Lipinski definition) is 4. The lowest BCUT2D eigenvalue weighted by Gasteiger charge is -2.34. The minimum Gasteiger partial charge on any atom is -0.481 e. The van der Waals surface area contributed by atoms with Gasteiger partial charge in [-0.15, -0.1) is 0 Å². The predicted octanol–water partition coefficient (Wildman–Crippen LogP) is 3.60. The molecule has 1 aliphatic carbocycles. The van der Waals surface area contributed by atoms with Crippen LogP contribution >= 0.6 is 0 Å². The second kappa shape index (κ2) is 11.5. The Morgan fingerprint density at radius 3 is 2.16 bits per heavy atom. The van der Waals surface area contributed by atoms with Crippen LogP contribution in [0.3, 0.4) is 0 Å². The molecule has 196 valence electrons. The molecule has 4 rings (SSSR count). The lowest BCUT2D eigenvalue weighted by Crippen LogP contribution is -2.57. The molecule has 37 heavy (non-hydrogen) atoms. The van der Waals surface area contributed by atoms with Crippen LogP contribution in [-0.4, -0.2) is 63.9 Å². The van der Waals surface area contributed by atoms with E-state index in [0.717, 1.165) is 43.7 Å². The Hall–Kier alpha value is -3.75. The quantitative estimate of drug-likeness (QED) is 0.593. The number of carbonyl (C=O) groups excluding carboxylic acids is 3. The lowest BCUT2D eigenvalue weighted by molar-refractivity contribution is -0.138. The molecule has 2 fully saturated rings. The molecular weight excluding hydrogens is 477 g/mol. The van der Waals surface area contributed by atoms with Gasteiger partial charge in [-0.3, -0.25) is 19.2 Å². The highest BCUT2D eigenvalue weighted by molar-refractivity contribution is 6.02. The number of aliphatic carboxylic acids is 1. The van der Waals surface area contributed by atoms with E-state index in [1.807, 2.05) is 6.92 Å². The van der Waals surface area contributed by atoms with Crippen molar-refractivity contribution in [2.45, 2.75) is 57.7 Å². The maximum absolute atomic E-state index is 13.9. The number of nitrogens with zero attached hydrogens (tertiary/aromatic N) is 2. The van der Waals surface area contributed by atoms with Gasteiger partial charge in [0.15, 0.2) is 6.17 Å². The topological polar surface area (TPSA) is 107 Å². The fourth-order valence-corrected chi connectivity index (χ4v) is 5.30. The van der Waals surface area contributed by atoms with Crippen LogP contribution in [0, 0.1) is 18.7 Å². The van der Waals surface area contributed by atoms with Crippen LogP contribution in [0.25, 0.3) is 0 Å². The van der Waals surface area contributed by atoms with Gasteiger partial charge < -0.3 is 20.2 Å². The average Bonchev–Trinajstić information content (AvgIpc) is 3.33. The summed E-state index contributed by atoms with van der Waals surface area (Å²) >= 11 is 0. The first kappa shape index (κ1) is 26.3. The van der Waals surface area contributed by atoms with Gasteiger partial charge in [-0.05, 0) is 56.0 Å². The van der Waals surface area contributed by atoms with Gasteiger partial charge in [0.2, 0.25) is 0 Å². The maximum atomic E-state index is 13.9.